The van der Waals surface area contributed by atoms with Gasteiger partial charge in [0.15, 0.2) is 6.61 Å². The Hall–Kier alpha value is -3.25. The van der Waals surface area contributed by atoms with Gasteiger partial charge in [0, 0.05) is 19.0 Å². The number of alkyl halides is 3. The fraction of sp³-hybridized carbons (Fsp3) is 0.500. The van der Waals surface area contributed by atoms with Crippen LogP contribution in [0, 0.1) is 5.92 Å². The first-order valence-corrected chi connectivity index (χ1v) is 8.54. The van der Waals surface area contributed by atoms with Crippen molar-refractivity contribution in [2.75, 3.05) is 19.7 Å². The zero-order chi connectivity index (χ0) is 21.4. The third kappa shape index (κ3) is 7.35. The maximum Gasteiger partial charge on any atom is 0.422 e. The molecule has 0 radical (unpaired) electrons. The maximum atomic E-state index is 12.1. The Bertz CT molecular complexity index is 730. The molecule has 1 aromatic rings. The summed E-state index contributed by atoms with van der Waals surface area (Å²) in [5.41, 5.74) is 4.08. The zero-order valence-electron chi connectivity index (χ0n) is 15.1. The minimum atomic E-state index is -4.61. The monoisotopic (exact) mass is 420 g/mol. The number of carbonyl (C=O) groups excluding carboxylic acids is 4. The van der Waals surface area contributed by atoms with Crippen molar-refractivity contribution in [3.8, 4) is 0 Å². The topological polar surface area (TPSA) is 130 Å². The fourth-order valence-corrected chi connectivity index (χ4v) is 2.50. The van der Waals surface area contributed by atoms with Crippen LogP contribution in [0.2, 0.25) is 0 Å². The summed E-state index contributed by atoms with van der Waals surface area (Å²) in [5, 5.41) is 2.29. The number of piperidine rings is 1. The van der Waals surface area contributed by atoms with Crippen molar-refractivity contribution in [3.05, 3.63) is 24.2 Å². The average Bonchev–Trinajstić information content (AvgIpc) is 3.21. The van der Waals surface area contributed by atoms with Crippen molar-refractivity contribution in [1.82, 2.24) is 21.1 Å². The first-order valence-electron chi connectivity index (χ1n) is 8.54. The Labute approximate surface area is 162 Å². The third-order valence-corrected chi connectivity index (χ3v) is 3.99. The molecule has 0 spiro atoms. The van der Waals surface area contributed by atoms with Gasteiger partial charge < -0.3 is 19.4 Å². The van der Waals surface area contributed by atoms with Gasteiger partial charge >= 0.3 is 24.1 Å². The summed E-state index contributed by atoms with van der Waals surface area (Å²) in [6.45, 7) is -1.64. The minimum absolute atomic E-state index is 0.00387. The SMILES string of the molecule is O=C(NCc1ccco1)C(=O)NNC(=O)C1CCN(C(=O)OCC(F)(F)F)CC1. The van der Waals surface area contributed by atoms with Crippen LogP contribution < -0.4 is 16.2 Å². The standard InChI is InChI=1S/C16H19F3N4O6/c17-16(18,19)9-29-15(27)23-5-3-10(4-6-23)12(24)21-22-14(26)13(25)20-8-11-2-1-7-28-11/h1-2,7,10H,3-6,8-9H2,(H,20,25)(H,21,24)(H,22,26). The summed E-state index contributed by atoms with van der Waals surface area (Å²) in [7, 11) is 0. The molecule has 29 heavy (non-hydrogen) atoms. The second-order valence-corrected chi connectivity index (χ2v) is 6.14. The van der Waals surface area contributed by atoms with Gasteiger partial charge in [-0.1, -0.05) is 0 Å². The lowest BCUT2D eigenvalue weighted by Crippen LogP contribution is -2.51. The van der Waals surface area contributed by atoms with Gasteiger partial charge in [0.05, 0.1) is 12.8 Å². The normalized spacial score (nSPS) is 14.8. The van der Waals surface area contributed by atoms with E-state index in [1.807, 2.05) is 5.43 Å². The highest BCUT2D eigenvalue weighted by Crippen LogP contribution is 2.19. The van der Waals surface area contributed by atoms with E-state index >= 15 is 0 Å². The van der Waals surface area contributed by atoms with Crippen LogP contribution in [0.4, 0.5) is 18.0 Å². The molecular formula is C16H19F3N4O6. The number of hydrogen-bond donors (Lipinski definition) is 3. The molecule has 1 aromatic heterocycles. The number of halogens is 3. The highest BCUT2D eigenvalue weighted by molar-refractivity contribution is 6.35. The minimum Gasteiger partial charge on any atom is -0.467 e. The van der Waals surface area contributed by atoms with Crippen LogP contribution in [0.25, 0.3) is 0 Å². The van der Waals surface area contributed by atoms with Crippen LogP contribution in [0.15, 0.2) is 22.8 Å². The Balaban J connectivity index is 1.66. The summed E-state index contributed by atoms with van der Waals surface area (Å²) in [4.78, 5) is 47.9. The van der Waals surface area contributed by atoms with Crippen LogP contribution >= 0.6 is 0 Å². The van der Waals surface area contributed by atoms with Gasteiger partial charge in [-0.3, -0.25) is 25.2 Å². The molecule has 0 unspecified atom stereocenters. The van der Waals surface area contributed by atoms with Gasteiger partial charge in [-0.05, 0) is 25.0 Å². The van der Waals surface area contributed by atoms with Crippen molar-refractivity contribution >= 4 is 23.8 Å². The Morgan fingerprint density at radius 3 is 2.41 bits per heavy atom. The highest BCUT2D eigenvalue weighted by Gasteiger charge is 2.33. The molecule has 0 atom stereocenters. The molecule has 0 bridgehead atoms. The number of ether oxygens (including phenoxy) is 1. The van der Waals surface area contributed by atoms with Crippen molar-refractivity contribution in [2.24, 2.45) is 5.92 Å². The van der Waals surface area contributed by atoms with Crippen LogP contribution in [-0.4, -0.2) is 54.6 Å². The predicted molar refractivity (Wildman–Crippen MR) is 88.5 cm³/mol. The smallest absolute Gasteiger partial charge is 0.422 e. The maximum absolute atomic E-state index is 12.1. The molecule has 1 aliphatic heterocycles. The molecule has 3 N–H and O–H groups in total. The van der Waals surface area contributed by atoms with E-state index < -0.39 is 42.5 Å². The summed E-state index contributed by atoms with van der Waals surface area (Å²) in [6, 6.07) is 3.22. The Kier molecular flexibility index (Phi) is 7.45. The third-order valence-electron chi connectivity index (χ3n) is 3.99. The van der Waals surface area contributed by atoms with Gasteiger partial charge in [0.2, 0.25) is 5.91 Å². The number of nitrogens with one attached hydrogen (secondary N) is 3. The molecular weight excluding hydrogens is 401 g/mol. The quantitative estimate of drug-likeness (QED) is 0.479. The predicted octanol–water partition coefficient (Wildman–Crippen LogP) is 0.454. The molecule has 13 heteroatoms. The molecule has 0 aliphatic carbocycles. The number of hydrogen-bond acceptors (Lipinski definition) is 6. The van der Waals surface area contributed by atoms with E-state index in [-0.39, 0.29) is 32.5 Å². The van der Waals surface area contributed by atoms with Crippen molar-refractivity contribution in [1.29, 1.82) is 0 Å². The van der Waals surface area contributed by atoms with E-state index in [1.165, 1.54) is 6.26 Å². The van der Waals surface area contributed by atoms with Crippen LogP contribution in [0.5, 0.6) is 0 Å². The largest absolute Gasteiger partial charge is 0.467 e. The van der Waals surface area contributed by atoms with Gasteiger partial charge in [-0.2, -0.15) is 13.2 Å². The number of nitrogens with zero attached hydrogens (tertiary/aromatic N) is 1. The van der Waals surface area contributed by atoms with E-state index in [0.29, 0.717) is 5.76 Å². The van der Waals surface area contributed by atoms with Gasteiger partial charge in [-0.15, -0.1) is 0 Å². The first kappa shape index (κ1) is 22.0. The molecule has 10 nitrogen and oxygen atoms in total. The van der Waals surface area contributed by atoms with Crippen molar-refractivity contribution < 1.29 is 41.5 Å². The molecule has 160 valence electrons. The Morgan fingerprint density at radius 1 is 1.14 bits per heavy atom. The Morgan fingerprint density at radius 2 is 1.83 bits per heavy atom. The molecule has 1 saturated heterocycles. The molecule has 2 heterocycles. The molecule has 1 fully saturated rings. The number of rotatable bonds is 4. The summed E-state index contributed by atoms with van der Waals surface area (Å²) in [6.07, 6.45) is -4.00. The fourth-order valence-electron chi connectivity index (χ4n) is 2.50. The number of carbonyl (C=O) groups is 4. The lowest BCUT2D eigenvalue weighted by Gasteiger charge is -2.30. The number of amides is 4. The highest BCUT2D eigenvalue weighted by atomic mass is 19.4. The van der Waals surface area contributed by atoms with Crippen LogP contribution in [0.3, 0.4) is 0 Å². The second kappa shape index (κ2) is 9.80. The van der Waals surface area contributed by atoms with Crippen molar-refractivity contribution in [2.45, 2.75) is 25.6 Å². The molecule has 4 amide bonds. The van der Waals surface area contributed by atoms with Gasteiger partial charge in [0.25, 0.3) is 0 Å². The molecule has 2 rings (SSSR count). The van der Waals surface area contributed by atoms with Crippen LogP contribution in [0.1, 0.15) is 18.6 Å². The average molecular weight is 420 g/mol. The van der Waals surface area contributed by atoms with Crippen molar-refractivity contribution in [3.63, 3.8) is 0 Å². The molecule has 1 aliphatic rings. The van der Waals surface area contributed by atoms with Gasteiger partial charge in [0.1, 0.15) is 5.76 Å². The summed E-state index contributed by atoms with van der Waals surface area (Å²) in [5.74, 6) is -2.80. The van der Waals surface area contributed by atoms with Crippen LogP contribution in [-0.2, 0) is 25.7 Å². The van der Waals surface area contributed by atoms with E-state index in [9.17, 15) is 32.3 Å². The second-order valence-electron chi connectivity index (χ2n) is 6.14. The van der Waals surface area contributed by atoms with E-state index in [2.05, 4.69) is 15.5 Å². The zero-order valence-corrected chi connectivity index (χ0v) is 15.1. The lowest BCUT2D eigenvalue weighted by atomic mass is 9.96. The van der Waals surface area contributed by atoms with E-state index in [0.717, 1.165) is 4.90 Å². The lowest BCUT2D eigenvalue weighted by molar-refractivity contribution is -0.162. The number of furan rings is 1. The molecule has 0 aromatic carbocycles. The number of likely N-dealkylation sites (tertiary alicyclic amines) is 1. The summed E-state index contributed by atoms with van der Waals surface area (Å²) >= 11 is 0. The molecule has 0 saturated carbocycles. The first-order chi connectivity index (χ1) is 13.7. The van der Waals surface area contributed by atoms with E-state index in [4.69, 9.17) is 4.42 Å². The number of hydrazine groups is 1. The van der Waals surface area contributed by atoms with Gasteiger partial charge in [-0.25, -0.2) is 4.79 Å². The van der Waals surface area contributed by atoms with E-state index in [1.54, 1.807) is 12.1 Å². The summed E-state index contributed by atoms with van der Waals surface area (Å²) < 4.78 is 45.3.